The summed E-state index contributed by atoms with van der Waals surface area (Å²) in [6.45, 7) is 9.81. The summed E-state index contributed by atoms with van der Waals surface area (Å²) in [6, 6.07) is 4.89. The SMILES string of the molecule is CCCCCCCCC(NCCC)c1ccc(C)nc1C. The molecular formula is C19H34N2. The van der Waals surface area contributed by atoms with Gasteiger partial charge in [-0.05, 0) is 44.9 Å². The Morgan fingerprint density at radius 2 is 1.67 bits per heavy atom. The van der Waals surface area contributed by atoms with E-state index in [-0.39, 0.29) is 0 Å². The first-order valence-corrected chi connectivity index (χ1v) is 8.86. The molecule has 1 aromatic heterocycles. The summed E-state index contributed by atoms with van der Waals surface area (Å²) >= 11 is 0. The lowest BCUT2D eigenvalue weighted by Gasteiger charge is -2.21. The van der Waals surface area contributed by atoms with E-state index < -0.39 is 0 Å². The van der Waals surface area contributed by atoms with E-state index in [1.54, 1.807) is 0 Å². The molecule has 0 radical (unpaired) electrons. The van der Waals surface area contributed by atoms with E-state index in [0.29, 0.717) is 6.04 Å². The molecule has 0 saturated carbocycles. The summed E-state index contributed by atoms with van der Waals surface area (Å²) < 4.78 is 0. The molecule has 2 heteroatoms. The van der Waals surface area contributed by atoms with Crippen LogP contribution in [-0.2, 0) is 0 Å². The van der Waals surface area contributed by atoms with E-state index in [9.17, 15) is 0 Å². The summed E-state index contributed by atoms with van der Waals surface area (Å²) in [5, 5.41) is 3.71. The van der Waals surface area contributed by atoms with Crippen LogP contribution >= 0.6 is 0 Å². The third kappa shape index (κ3) is 7.08. The van der Waals surface area contributed by atoms with E-state index in [2.05, 4.69) is 50.1 Å². The molecule has 0 aliphatic carbocycles. The van der Waals surface area contributed by atoms with E-state index in [1.165, 1.54) is 62.6 Å². The van der Waals surface area contributed by atoms with Gasteiger partial charge in [0.25, 0.3) is 0 Å². The highest BCUT2D eigenvalue weighted by molar-refractivity contribution is 5.25. The average Bonchev–Trinajstić information content (AvgIpc) is 2.46. The molecule has 0 aliphatic heterocycles. The van der Waals surface area contributed by atoms with Crippen molar-refractivity contribution in [3.63, 3.8) is 0 Å². The predicted molar refractivity (Wildman–Crippen MR) is 92.7 cm³/mol. The van der Waals surface area contributed by atoms with Gasteiger partial charge in [-0.2, -0.15) is 0 Å². The number of rotatable bonds is 11. The van der Waals surface area contributed by atoms with Gasteiger partial charge in [-0.25, -0.2) is 0 Å². The molecule has 0 fully saturated rings. The van der Waals surface area contributed by atoms with Crippen molar-refractivity contribution in [2.24, 2.45) is 0 Å². The number of hydrogen-bond donors (Lipinski definition) is 1. The van der Waals surface area contributed by atoms with Crippen LogP contribution in [0.2, 0.25) is 0 Å². The molecule has 0 saturated heterocycles. The van der Waals surface area contributed by atoms with E-state index in [1.807, 2.05) is 0 Å². The van der Waals surface area contributed by atoms with Gasteiger partial charge in [0, 0.05) is 17.4 Å². The van der Waals surface area contributed by atoms with Gasteiger partial charge < -0.3 is 5.32 Å². The third-order valence-electron chi connectivity index (χ3n) is 4.13. The van der Waals surface area contributed by atoms with Crippen LogP contribution in [0.15, 0.2) is 12.1 Å². The maximum Gasteiger partial charge on any atom is 0.0423 e. The Balaban J connectivity index is 2.50. The molecule has 1 atom stereocenters. The molecule has 1 rings (SSSR count). The van der Waals surface area contributed by atoms with Crippen molar-refractivity contribution in [1.29, 1.82) is 0 Å². The van der Waals surface area contributed by atoms with Gasteiger partial charge in [0.2, 0.25) is 0 Å². The number of aromatic nitrogens is 1. The summed E-state index contributed by atoms with van der Waals surface area (Å²) in [5.41, 5.74) is 3.70. The molecule has 0 bridgehead atoms. The minimum Gasteiger partial charge on any atom is -0.310 e. The van der Waals surface area contributed by atoms with E-state index in [4.69, 9.17) is 0 Å². The van der Waals surface area contributed by atoms with Crippen molar-refractivity contribution in [2.75, 3.05) is 6.54 Å². The van der Waals surface area contributed by atoms with Crippen LogP contribution in [0, 0.1) is 13.8 Å². The monoisotopic (exact) mass is 290 g/mol. The molecule has 1 N–H and O–H groups in total. The first-order valence-electron chi connectivity index (χ1n) is 8.86. The van der Waals surface area contributed by atoms with Crippen molar-refractivity contribution in [2.45, 2.75) is 85.1 Å². The molecule has 0 aromatic carbocycles. The van der Waals surface area contributed by atoms with Gasteiger partial charge in [0.1, 0.15) is 0 Å². The Bertz CT molecular complexity index is 387. The maximum atomic E-state index is 4.63. The second-order valence-electron chi connectivity index (χ2n) is 6.19. The highest BCUT2D eigenvalue weighted by Crippen LogP contribution is 2.23. The molecule has 21 heavy (non-hydrogen) atoms. The molecule has 1 unspecified atom stereocenters. The van der Waals surface area contributed by atoms with Crippen LogP contribution in [0.5, 0.6) is 0 Å². The standard InChI is InChI=1S/C19H34N2/c1-5-7-8-9-10-11-12-19(20-15-6-2)18-14-13-16(3)21-17(18)4/h13-14,19-20H,5-12,15H2,1-4H3. The molecule has 120 valence electrons. The number of unbranched alkanes of at least 4 members (excludes halogenated alkanes) is 5. The molecule has 0 spiro atoms. The molecule has 0 aliphatic rings. The average molecular weight is 290 g/mol. The highest BCUT2D eigenvalue weighted by atomic mass is 14.9. The van der Waals surface area contributed by atoms with E-state index >= 15 is 0 Å². The van der Waals surface area contributed by atoms with Crippen LogP contribution in [0.1, 0.15) is 88.2 Å². The fourth-order valence-electron chi connectivity index (χ4n) is 2.88. The molecule has 0 amide bonds. The lowest BCUT2D eigenvalue weighted by atomic mass is 9.98. The quantitative estimate of drug-likeness (QED) is 0.545. The zero-order valence-corrected chi connectivity index (χ0v) is 14.5. The number of nitrogens with one attached hydrogen (secondary N) is 1. The van der Waals surface area contributed by atoms with E-state index in [0.717, 1.165) is 12.2 Å². The Morgan fingerprint density at radius 3 is 2.33 bits per heavy atom. The van der Waals surface area contributed by atoms with Gasteiger partial charge in [0.15, 0.2) is 0 Å². The molecule has 1 heterocycles. The van der Waals surface area contributed by atoms with Gasteiger partial charge in [-0.1, -0.05) is 58.4 Å². The van der Waals surface area contributed by atoms with Crippen LogP contribution in [-0.4, -0.2) is 11.5 Å². The Hall–Kier alpha value is -0.890. The van der Waals surface area contributed by atoms with Crippen molar-refractivity contribution in [3.05, 3.63) is 29.1 Å². The fraction of sp³-hybridized carbons (Fsp3) is 0.737. The first-order chi connectivity index (χ1) is 10.2. The molecular weight excluding hydrogens is 256 g/mol. The topological polar surface area (TPSA) is 24.9 Å². The second-order valence-corrected chi connectivity index (χ2v) is 6.19. The van der Waals surface area contributed by atoms with Crippen LogP contribution in [0.25, 0.3) is 0 Å². The van der Waals surface area contributed by atoms with Crippen molar-refractivity contribution in [3.8, 4) is 0 Å². The zero-order valence-electron chi connectivity index (χ0n) is 14.5. The smallest absolute Gasteiger partial charge is 0.0423 e. The van der Waals surface area contributed by atoms with Gasteiger partial charge in [-0.15, -0.1) is 0 Å². The number of pyridine rings is 1. The van der Waals surface area contributed by atoms with Crippen LogP contribution in [0.4, 0.5) is 0 Å². The fourth-order valence-corrected chi connectivity index (χ4v) is 2.88. The van der Waals surface area contributed by atoms with Crippen molar-refractivity contribution < 1.29 is 0 Å². The van der Waals surface area contributed by atoms with Crippen LogP contribution < -0.4 is 5.32 Å². The predicted octanol–water partition coefficient (Wildman–Crippen LogP) is 5.49. The van der Waals surface area contributed by atoms with Gasteiger partial charge in [-0.3, -0.25) is 4.98 Å². The number of nitrogens with zero attached hydrogens (tertiary/aromatic N) is 1. The number of aryl methyl sites for hydroxylation is 2. The van der Waals surface area contributed by atoms with Crippen LogP contribution in [0.3, 0.4) is 0 Å². The van der Waals surface area contributed by atoms with Gasteiger partial charge >= 0.3 is 0 Å². The lowest BCUT2D eigenvalue weighted by molar-refractivity contribution is 0.464. The second kappa shape index (κ2) is 10.8. The largest absolute Gasteiger partial charge is 0.310 e. The normalized spacial score (nSPS) is 12.6. The highest BCUT2D eigenvalue weighted by Gasteiger charge is 2.13. The summed E-state index contributed by atoms with van der Waals surface area (Å²) in [7, 11) is 0. The Morgan fingerprint density at radius 1 is 0.952 bits per heavy atom. The molecule has 1 aromatic rings. The summed E-state index contributed by atoms with van der Waals surface area (Å²) in [5.74, 6) is 0. The summed E-state index contributed by atoms with van der Waals surface area (Å²) in [4.78, 5) is 4.63. The Labute approximate surface area is 131 Å². The summed E-state index contributed by atoms with van der Waals surface area (Å²) in [6.07, 6.45) is 10.6. The minimum atomic E-state index is 0.476. The maximum absolute atomic E-state index is 4.63. The molecule has 2 nitrogen and oxygen atoms in total. The Kier molecular flexibility index (Phi) is 9.32. The zero-order chi connectivity index (χ0) is 15.5. The number of hydrogen-bond acceptors (Lipinski definition) is 2. The third-order valence-corrected chi connectivity index (χ3v) is 4.13. The van der Waals surface area contributed by atoms with Gasteiger partial charge in [0.05, 0.1) is 0 Å². The van der Waals surface area contributed by atoms with Crippen molar-refractivity contribution >= 4 is 0 Å². The van der Waals surface area contributed by atoms with Crippen molar-refractivity contribution in [1.82, 2.24) is 10.3 Å². The first kappa shape index (κ1) is 18.2. The minimum absolute atomic E-state index is 0.476. The lowest BCUT2D eigenvalue weighted by Crippen LogP contribution is -2.23.